The molecule has 1 saturated carbocycles. The van der Waals surface area contributed by atoms with E-state index in [2.05, 4.69) is 17.6 Å². The summed E-state index contributed by atoms with van der Waals surface area (Å²) in [5.74, 6) is 1.74. The van der Waals surface area contributed by atoms with Gasteiger partial charge in [-0.3, -0.25) is 4.79 Å². The van der Waals surface area contributed by atoms with Gasteiger partial charge >= 0.3 is 0 Å². The van der Waals surface area contributed by atoms with Gasteiger partial charge in [-0.2, -0.15) is 0 Å². The SMILES string of the molecule is CCC1CCCC(NC(=O)CC2CCNCC2)C1.Cl. The van der Waals surface area contributed by atoms with Crippen LogP contribution in [-0.2, 0) is 4.79 Å². The number of nitrogens with one attached hydrogen (secondary N) is 2. The molecule has 3 nitrogen and oxygen atoms in total. The van der Waals surface area contributed by atoms with Gasteiger partial charge in [0.15, 0.2) is 0 Å². The largest absolute Gasteiger partial charge is 0.353 e. The topological polar surface area (TPSA) is 41.1 Å². The monoisotopic (exact) mass is 288 g/mol. The first kappa shape index (κ1) is 16.8. The predicted molar refractivity (Wildman–Crippen MR) is 81.6 cm³/mol. The molecule has 0 aromatic rings. The van der Waals surface area contributed by atoms with Crippen molar-refractivity contribution in [3.8, 4) is 0 Å². The highest BCUT2D eigenvalue weighted by Crippen LogP contribution is 2.26. The zero-order valence-corrected chi connectivity index (χ0v) is 12.9. The van der Waals surface area contributed by atoms with Crippen LogP contribution in [0.15, 0.2) is 0 Å². The van der Waals surface area contributed by atoms with E-state index in [4.69, 9.17) is 0 Å². The number of hydrogen-bond acceptors (Lipinski definition) is 2. The van der Waals surface area contributed by atoms with Gasteiger partial charge in [-0.15, -0.1) is 12.4 Å². The second kappa shape index (κ2) is 8.80. The van der Waals surface area contributed by atoms with Crippen LogP contribution in [0.5, 0.6) is 0 Å². The highest BCUT2D eigenvalue weighted by atomic mass is 35.5. The molecule has 1 aliphatic heterocycles. The molecule has 0 spiro atoms. The average molecular weight is 289 g/mol. The third kappa shape index (κ3) is 5.70. The molecule has 1 saturated heterocycles. The summed E-state index contributed by atoms with van der Waals surface area (Å²) in [6.07, 6.45) is 9.37. The summed E-state index contributed by atoms with van der Waals surface area (Å²) < 4.78 is 0. The normalized spacial score (nSPS) is 28.5. The van der Waals surface area contributed by atoms with E-state index in [1.807, 2.05) is 0 Å². The molecule has 2 atom stereocenters. The van der Waals surface area contributed by atoms with E-state index in [0.29, 0.717) is 17.9 Å². The first-order valence-electron chi connectivity index (χ1n) is 7.78. The van der Waals surface area contributed by atoms with Gasteiger partial charge in [0, 0.05) is 12.5 Å². The lowest BCUT2D eigenvalue weighted by Gasteiger charge is -2.30. The highest BCUT2D eigenvalue weighted by molar-refractivity contribution is 5.85. The van der Waals surface area contributed by atoms with Crippen molar-refractivity contribution in [3.05, 3.63) is 0 Å². The second-order valence-electron chi connectivity index (χ2n) is 6.10. The van der Waals surface area contributed by atoms with Crippen LogP contribution in [0.3, 0.4) is 0 Å². The number of amides is 1. The molecule has 0 aromatic carbocycles. The zero-order chi connectivity index (χ0) is 12.8. The molecule has 0 radical (unpaired) electrons. The molecule has 2 aliphatic rings. The van der Waals surface area contributed by atoms with E-state index in [1.165, 1.54) is 32.1 Å². The van der Waals surface area contributed by atoms with Crippen molar-refractivity contribution in [1.29, 1.82) is 0 Å². The van der Waals surface area contributed by atoms with Crippen molar-refractivity contribution in [2.24, 2.45) is 11.8 Å². The van der Waals surface area contributed by atoms with Gasteiger partial charge in [-0.1, -0.05) is 26.2 Å². The van der Waals surface area contributed by atoms with E-state index in [1.54, 1.807) is 0 Å². The first-order chi connectivity index (χ1) is 8.78. The molecule has 19 heavy (non-hydrogen) atoms. The molecule has 4 heteroatoms. The number of piperidine rings is 1. The number of hydrogen-bond donors (Lipinski definition) is 2. The Labute approximate surface area is 123 Å². The van der Waals surface area contributed by atoms with Crippen molar-refractivity contribution in [3.63, 3.8) is 0 Å². The maximum Gasteiger partial charge on any atom is 0.220 e. The summed E-state index contributed by atoms with van der Waals surface area (Å²) in [5, 5.41) is 6.62. The van der Waals surface area contributed by atoms with Crippen molar-refractivity contribution in [2.45, 2.75) is 64.3 Å². The van der Waals surface area contributed by atoms with Gasteiger partial charge < -0.3 is 10.6 Å². The molecule has 1 aliphatic carbocycles. The Bertz CT molecular complexity index is 267. The molecule has 112 valence electrons. The van der Waals surface area contributed by atoms with Crippen molar-refractivity contribution >= 4 is 18.3 Å². The van der Waals surface area contributed by atoms with Crippen molar-refractivity contribution < 1.29 is 4.79 Å². The first-order valence-corrected chi connectivity index (χ1v) is 7.78. The quantitative estimate of drug-likeness (QED) is 0.835. The van der Waals surface area contributed by atoms with Crippen molar-refractivity contribution in [1.82, 2.24) is 10.6 Å². The maximum absolute atomic E-state index is 12.0. The molecule has 2 rings (SSSR count). The van der Waals surface area contributed by atoms with Gasteiger partial charge in [-0.05, 0) is 50.6 Å². The van der Waals surface area contributed by atoms with Crippen LogP contribution in [-0.4, -0.2) is 25.0 Å². The Morgan fingerprint density at radius 1 is 1.16 bits per heavy atom. The van der Waals surface area contributed by atoms with Gasteiger partial charge in [0.2, 0.25) is 5.91 Å². The Hall–Kier alpha value is -0.280. The minimum Gasteiger partial charge on any atom is -0.353 e. The minimum atomic E-state index is 0. The molecular weight excluding hydrogens is 260 g/mol. The number of carbonyl (C=O) groups excluding carboxylic acids is 1. The summed E-state index contributed by atoms with van der Waals surface area (Å²) in [6.45, 7) is 4.43. The van der Waals surface area contributed by atoms with E-state index in [0.717, 1.165) is 38.3 Å². The number of carbonyl (C=O) groups is 1. The standard InChI is InChI=1S/C15H28N2O.ClH/c1-2-12-4-3-5-14(10-12)17-15(18)11-13-6-8-16-9-7-13;/h12-14,16H,2-11H2,1H3,(H,17,18);1H. The molecular formula is C15H29ClN2O. The summed E-state index contributed by atoms with van der Waals surface area (Å²) >= 11 is 0. The van der Waals surface area contributed by atoms with E-state index in [-0.39, 0.29) is 12.4 Å². The smallest absolute Gasteiger partial charge is 0.220 e. The van der Waals surface area contributed by atoms with Crippen LogP contribution in [0.2, 0.25) is 0 Å². The predicted octanol–water partition coefficient (Wildman–Crippen LogP) is 2.88. The Kier molecular flexibility index (Phi) is 7.77. The van der Waals surface area contributed by atoms with Crippen LogP contribution >= 0.6 is 12.4 Å². The minimum absolute atomic E-state index is 0. The van der Waals surface area contributed by atoms with E-state index >= 15 is 0 Å². The lowest BCUT2D eigenvalue weighted by atomic mass is 9.84. The van der Waals surface area contributed by atoms with Gasteiger partial charge in [-0.25, -0.2) is 0 Å². The van der Waals surface area contributed by atoms with Crippen LogP contribution in [0.25, 0.3) is 0 Å². The zero-order valence-electron chi connectivity index (χ0n) is 12.1. The molecule has 0 aromatic heterocycles. The number of rotatable bonds is 4. The molecule has 2 fully saturated rings. The van der Waals surface area contributed by atoms with Crippen LogP contribution in [0, 0.1) is 11.8 Å². The van der Waals surface area contributed by atoms with E-state index < -0.39 is 0 Å². The molecule has 1 heterocycles. The Morgan fingerprint density at radius 2 is 1.89 bits per heavy atom. The summed E-state index contributed by atoms with van der Waals surface area (Å²) in [4.78, 5) is 12.0. The second-order valence-corrected chi connectivity index (χ2v) is 6.10. The summed E-state index contributed by atoms with van der Waals surface area (Å²) in [7, 11) is 0. The third-order valence-electron chi connectivity index (χ3n) is 4.66. The fourth-order valence-electron chi connectivity index (χ4n) is 3.43. The van der Waals surface area contributed by atoms with Gasteiger partial charge in [0.25, 0.3) is 0 Å². The van der Waals surface area contributed by atoms with Crippen LogP contribution < -0.4 is 10.6 Å². The molecule has 2 N–H and O–H groups in total. The Balaban J connectivity index is 0.00000180. The van der Waals surface area contributed by atoms with Crippen LogP contribution in [0.4, 0.5) is 0 Å². The fraction of sp³-hybridized carbons (Fsp3) is 0.933. The summed E-state index contributed by atoms with van der Waals surface area (Å²) in [6, 6.07) is 0.456. The van der Waals surface area contributed by atoms with Crippen molar-refractivity contribution in [2.75, 3.05) is 13.1 Å². The molecule has 0 bridgehead atoms. The fourth-order valence-corrected chi connectivity index (χ4v) is 3.43. The lowest BCUT2D eigenvalue weighted by molar-refractivity contribution is -0.123. The highest BCUT2D eigenvalue weighted by Gasteiger charge is 2.23. The van der Waals surface area contributed by atoms with Gasteiger partial charge in [0.1, 0.15) is 0 Å². The van der Waals surface area contributed by atoms with Gasteiger partial charge in [0.05, 0.1) is 0 Å². The molecule has 1 amide bonds. The average Bonchev–Trinajstić information content (AvgIpc) is 2.40. The number of halogens is 1. The lowest BCUT2D eigenvalue weighted by Crippen LogP contribution is -2.40. The van der Waals surface area contributed by atoms with Crippen LogP contribution in [0.1, 0.15) is 58.3 Å². The third-order valence-corrected chi connectivity index (χ3v) is 4.66. The molecule has 2 unspecified atom stereocenters. The van der Waals surface area contributed by atoms with E-state index in [9.17, 15) is 4.79 Å². The Morgan fingerprint density at radius 3 is 2.58 bits per heavy atom. The maximum atomic E-state index is 12.0. The summed E-state index contributed by atoms with van der Waals surface area (Å²) in [5.41, 5.74) is 0.